The highest BCUT2D eigenvalue weighted by molar-refractivity contribution is 5.40. The van der Waals surface area contributed by atoms with Gasteiger partial charge in [-0.2, -0.15) is 9.59 Å². The first-order valence-corrected chi connectivity index (χ1v) is 8.97. The summed E-state index contributed by atoms with van der Waals surface area (Å²) in [5.74, 6) is 1.81. The molecule has 0 saturated heterocycles. The van der Waals surface area contributed by atoms with Gasteiger partial charge in [-0.3, -0.25) is 0 Å². The van der Waals surface area contributed by atoms with Gasteiger partial charge in [0.2, 0.25) is 0 Å². The lowest BCUT2D eigenvalue weighted by Gasteiger charge is -2.45. The van der Waals surface area contributed by atoms with Crippen LogP contribution < -0.4 is 5.73 Å². The summed E-state index contributed by atoms with van der Waals surface area (Å²) in [5.41, 5.74) is 8.91. The molecule has 2 saturated carbocycles. The van der Waals surface area contributed by atoms with Crippen molar-refractivity contribution < 1.29 is 9.59 Å². The molecule has 1 spiro atoms. The first-order chi connectivity index (χ1) is 11.1. The largest absolute Gasteiger partial charge is 0.399 e. The van der Waals surface area contributed by atoms with Crippen molar-refractivity contribution in [2.75, 3.05) is 5.73 Å². The minimum Gasteiger partial charge on any atom is -0.399 e. The van der Waals surface area contributed by atoms with Gasteiger partial charge in [0.15, 0.2) is 0 Å². The van der Waals surface area contributed by atoms with E-state index in [1.54, 1.807) is 0 Å². The molecule has 0 unspecified atom stereocenters. The summed E-state index contributed by atoms with van der Waals surface area (Å²) in [7, 11) is 0. The van der Waals surface area contributed by atoms with Crippen LogP contribution in [0.3, 0.4) is 0 Å². The Bertz CT molecular complexity index is 499. The van der Waals surface area contributed by atoms with Gasteiger partial charge in [0, 0.05) is 5.69 Å². The fraction of sp³-hybridized carbons (Fsp3) is 0.650. The maximum atomic E-state index is 8.12. The van der Waals surface area contributed by atoms with Crippen LogP contribution in [-0.2, 0) is 9.59 Å². The first kappa shape index (κ1) is 17.7. The van der Waals surface area contributed by atoms with E-state index in [1.807, 2.05) is 0 Å². The molecular formula is C20H29NO2. The zero-order valence-electron chi connectivity index (χ0n) is 14.2. The Morgan fingerprint density at radius 2 is 1.48 bits per heavy atom. The second kappa shape index (κ2) is 8.31. The summed E-state index contributed by atoms with van der Waals surface area (Å²) in [4.78, 5) is 16.2. The molecule has 0 aliphatic heterocycles. The summed E-state index contributed by atoms with van der Waals surface area (Å²) >= 11 is 0. The minimum absolute atomic E-state index is 0.250. The Hall–Kier alpha value is -1.60. The summed E-state index contributed by atoms with van der Waals surface area (Å²) < 4.78 is 0. The third-order valence-electron chi connectivity index (χ3n) is 6.20. The number of carbonyl (C=O) groups excluding carboxylic acids is 2. The van der Waals surface area contributed by atoms with Gasteiger partial charge >= 0.3 is 6.15 Å². The molecule has 0 atom stereocenters. The summed E-state index contributed by atoms with van der Waals surface area (Å²) in [5, 5.41) is 0. The van der Waals surface area contributed by atoms with Crippen LogP contribution in [-0.4, -0.2) is 6.15 Å². The highest BCUT2D eigenvalue weighted by atomic mass is 16.2. The maximum Gasteiger partial charge on any atom is 0.373 e. The number of hydrogen-bond donors (Lipinski definition) is 1. The fourth-order valence-electron chi connectivity index (χ4n) is 4.53. The molecule has 2 fully saturated rings. The highest BCUT2D eigenvalue weighted by Gasteiger charge is 2.38. The molecule has 3 rings (SSSR count). The molecule has 0 amide bonds. The molecule has 2 aliphatic rings. The van der Waals surface area contributed by atoms with E-state index in [4.69, 9.17) is 15.3 Å². The molecular weight excluding hydrogens is 286 g/mol. The van der Waals surface area contributed by atoms with Crippen molar-refractivity contribution in [1.82, 2.24) is 0 Å². The monoisotopic (exact) mass is 315 g/mol. The van der Waals surface area contributed by atoms with Gasteiger partial charge in [0.1, 0.15) is 0 Å². The molecule has 0 aromatic heterocycles. The van der Waals surface area contributed by atoms with Crippen LogP contribution in [0, 0.1) is 11.3 Å². The van der Waals surface area contributed by atoms with E-state index < -0.39 is 0 Å². The number of nitrogen functional groups attached to an aromatic ring is 1. The molecule has 0 heterocycles. The molecule has 1 aromatic carbocycles. The maximum absolute atomic E-state index is 8.12. The Labute approximate surface area is 139 Å². The van der Waals surface area contributed by atoms with E-state index in [2.05, 4.69) is 31.2 Å². The normalized spacial score (nSPS) is 30.1. The summed E-state index contributed by atoms with van der Waals surface area (Å²) in [6.45, 7) is 2.36. The van der Waals surface area contributed by atoms with E-state index in [1.165, 1.54) is 63.4 Å². The lowest BCUT2D eigenvalue weighted by atomic mass is 9.60. The lowest BCUT2D eigenvalue weighted by Crippen LogP contribution is -2.31. The highest BCUT2D eigenvalue weighted by Crippen LogP contribution is 2.52. The molecule has 3 nitrogen and oxygen atoms in total. The van der Waals surface area contributed by atoms with Gasteiger partial charge in [0.25, 0.3) is 0 Å². The number of rotatable bonds is 2. The lowest BCUT2D eigenvalue weighted by molar-refractivity contribution is -0.191. The third-order valence-corrected chi connectivity index (χ3v) is 6.20. The van der Waals surface area contributed by atoms with Crippen LogP contribution in [0.4, 0.5) is 5.69 Å². The minimum atomic E-state index is 0.250. The average molecular weight is 315 g/mol. The van der Waals surface area contributed by atoms with Gasteiger partial charge in [-0.05, 0) is 86.3 Å². The standard InChI is InChI=1S/C19H29N.CO2/c1-2-15-7-11-19(12-8-15)13-9-17(10-14-19)16-3-5-18(20)6-4-16;2-1-3/h3-6,15,17H,2,7-14,20H2,1H3;. The molecule has 126 valence electrons. The molecule has 2 aliphatic carbocycles. The Balaban J connectivity index is 0.000000595. The van der Waals surface area contributed by atoms with E-state index in [-0.39, 0.29) is 6.15 Å². The predicted molar refractivity (Wildman–Crippen MR) is 91.8 cm³/mol. The number of nitrogens with two attached hydrogens (primary N) is 1. The number of benzene rings is 1. The van der Waals surface area contributed by atoms with Gasteiger partial charge in [-0.25, -0.2) is 0 Å². The van der Waals surface area contributed by atoms with E-state index >= 15 is 0 Å². The van der Waals surface area contributed by atoms with Gasteiger partial charge < -0.3 is 5.73 Å². The quantitative estimate of drug-likeness (QED) is 0.787. The summed E-state index contributed by atoms with van der Waals surface area (Å²) in [6.07, 6.45) is 13.3. The second-order valence-corrected chi connectivity index (χ2v) is 7.38. The topological polar surface area (TPSA) is 60.2 Å². The molecule has 23 heavy (non-hydrogen) atoms. The molecule has 2 N–H and O–H groups in total. The molecule has 0 radical (unpaired) electrons. The van der Waals surface area contributed by atoms with Crippen molar-refractivity contribution in [3.63, 3.8) is 0 Å². The van der Waals surface area contributed by atoms with Crippen LogP contribution in [0.5, 0.6) is 0 Å². The zero-order valence-corrected chi connectivity index (χ0v) is 14.2. The van der Waals surface area contributed by atoms with Crippen molar-refractivity contribution in [2.24, 2.45) is 11.3 Å². The fourth-order valence-corrected chi connectivity index (χ4v) is 4.53. The van der Waals surface area contributed by atoms with Crippen LogP contribution >= 0.6 is 0 Å². The summed E-state index contributed by atoms with van der Waals surface area (Å²) in [6, 6.07) is 8.61. The van der Waals surface area contributed by atoms with E-state index in [0.29, 0.717) is 0 Å². The van der Waals surface area contributed by atoms with Crippen LogP contribution in [0.25, 0.3) is 0 Å². The average Bonchev–Trinajstić information content (AvgIpc) is 2.58. The third kappa shape index (κ3) is 4.68. The Kier molecular flexibility index (Phi) is 6.41. The van der Waals surface area contributed by atoms with Gasteiger partial charge in [-0.15, -0.1) is 0 Å². The van der Waals surface area contributed by atoms with Crippen molar-refractivity contribution in [3.05, 3.63) is 29.8 Å². The smallest absolute Gasteiger partial charge is 0.373 e. The molecule has 1 aromatic rings. The van der Waals surface area contributed by atoms with Crippen molar-refractivity contribution in [2.45, 2.75) is 70.6 Å². The van der Waals surface area contributed by atoms with E-state index in [0.717, 1.165) is 22.9 Å². The SMILES string of the molecule is CCC1CCC2(CC1)CCC(c1ccc(N)cc1)CC2.O=C=O. The van der Waals surface area contributed by atoms with Crippen LogP contribution in [0.15, 0.2) is 24.3 Å². The zero-order chi connectivity index (χ0) is 16.7. The van der Waals surface area contributed by atoms with Crippen molar-refractivity contribution in [3.8, 4) is 0 Å². The Morgan fingerprint density at radius 1 is 1.00 bits per heavy atom. The van der Waals surface area contributed by atoms with Crippen molar-refractivity contribution in [1.29, 1.82) is 0 Å². The van der Waals surface area contributed by atoms with E-state index in [9.17, 15) is 0 Å². The number of anilines is 1. The second-order valence-electron chi connectivity index (χ2n) is 7.38. The van der Waals surface area contributed by atoms with Gasteiger partial charge in [0.05, 0.1) is 0 Å². The van der Waals surface area contributed by atoms with Crippen molar-refractivity contribution >= 4 is 11.8 Å². The predicted octanol–water partition coefficient (Wildman–Crippen LogP) is 4.93. The molecule has 0 bridgehead atoms. The van der Waals surface area contributed by atoms with Crippen LogP contribution in [0.1, 0.15) is 76.2 Å². The number of hydrogen-bond acceptors (Lipinski definition) is 3. The van der Waals surface area contributed by atoms with Gasteiger partial charge in [-0.1, -0.05) is 25.5 Å². The van der Waals surface area contributed by atoms with Crippen LogP contribution in [0.2, 0.25) is 0 Å². The first-order valence-electron chi connectivity index (χ1n) is 8.97. The Morgan fingerprint density at radius 3 is 1.96 bits per heavy atom. The molecule has 3 heteroatoms.